The maximum atomic E-state index is 2.52. The van der Waals surface area contributed by atoms with Crippen LogP contribution >= 0.6 is 0 Å². The SMILES string of the molecule is CN1C=CN(C2(c3cccc(N(c4ccccc4)c4cccc(C5(N6C=CN(C)C6)c6ccccc6-c6ccccc65)c4)c3)c3ccccc3-c3ccccc32)C1. The zero-order valence-electron chi connectivity index (χ0n) is 32.2. The zero-order chi connectivity index (χ0) is 38.1. The predicted octanol–water partition coefficient (Wildman–Crippen LogP) is 11.1. The smallest absolute Gasteiger partial charge is 0.119 e. The molecule has 0 atom stereocenters. The van der Waals surface area contributed by atoms with E-state index in [0.29, 0.717) is 0 Å². The summed E-state index contributed by atoms with van der Waals surface area (Å²) in [5.74, 6) is 0. The Morgan fingerprint density at radius 1 is 0.368 bits per heavy atom. The Labute approximate surface area is 335 Å². The van der Waals surface area contributed by atoms with Crippen molar-refractivity contribution in [2.24, 2.45) is 0 Å². The van der Waals surface area contributed by atoms with Crippen molar-refractivity contribution >= 4 is 17.1 Å². The van der Waals surface area contributed by atoms with Gasteiger partial charge in [0, 0.05) is 56.0 Å². The maximum Gasteiger partial charge on any atom is 0.119 e. The van der Waals surface area contributed by atoms with Crippen molar-refractivity contribution in [2.45, 2.75) is 11.1 Å². The quantitative estimate of drug-likeness (QED) is 0.161. The van der Waals surface area contributed by atoms with Crippen LogP contribution in [0.15, 0.2) is 201 Å². The molecule has 0 bridgehead atoms. The Balaban J connectivity index is 1.13. The highest BCUT2D eigenvalue weighted by Gasteiger charge is 2.51. The molecule has 0 saturated heterocycles. The van der Waals surface area contributed by atoms with Crippen LogP contribution < -0.4 is 4.90 Å². The summed E-state index contributed by atoms with van der Waals surface area (Å²) in [5.41, 5.74) is 15.1. The largest absolute Gasteiger partial charge is 0.362 e. The third-order valence-electron chi connectivity index (χ3n) is 12.5. The molecule has 2 aliphatic carbocycles. The third-order valence-corrected chi connectivity index (χ3v) is 12.5. The van der Waals surface area contributed by atoms with E-state index in [1.165, 1.54) is 55.6 Å². The molecule has 2 aliphatic heterocycles. The van der Waals surface area contributed by atoms with Gasteiger partial charge in [0.1, 0.15) is 11.1 Å². The van der Waals surface area contributed by atoms with Gasteiger partial charge in [0.25, 0.3) is 0 Å². The van der Waals surface area contributed by atoms with Crippen molar-refractivity contribution < 1.29 is 0 Å². The summed E-state index contributed by atoms with van der Waals surface area (Å²) >= 11 is 0. The molecule has 4 aliphatic rings. The molecule has 0 spiro atoms. The fourth-order valence-electron chi connectivity index (χ4n) is 10.3. The van der Waals surface area contributed by atoms with E-state index in [1.807, 2.05) is 0 Å². The molecule has 2 heterocycles. The first-order valence-electron chi connectivity index (χ1n) is 19.8. The van der Waals surface area contributed by atoms with Gasteiger partial charge in [-0.15, -0.1) is 0 Å². The van der Waals surface area contributed by atoms with E-state index in [0.717, 1.165) is 30.4 Å². The predicted molar refractivity (Wildman–Crippen MR) is 232 cm³/mol. The van der Waals surface area contributed by atoms with Gasteiger partial charge >= 0.3 is 0 Å². The van der Waals surface area contributed by atoms with E-state index in [4.69, 9.17) is 0 Å². The maximum absolute atomic E-state index is 2.52. The molecule has 57 heavy (non-hydrogen) atoms. The molecular weight excluding hydrogens is 695 g/mol. The molecule has 0 radical (unpaired) electrons. The molecule has 5 heteroatoms. The number of fused-ring (bicyclic) bond motifs is 6. The topological polar surface area (TPSA) is 16.2 Å². The summed E-state index contributed by atoms with van der Waals surface area (Å²) in [7, 11) is 4.31. The van der Waals surface area contributed by atoms with Crippen LogP contribution in [0.4, 0.5) is 17.1 Å². The number of hydrogen-bond acceptors (Lipinski definition) is 5. The summed E-state index contributed by atoms with van der Waals surface area (Å²) < 4.78 is 0. The molecule has 5 nitrogen and oxygen atoms in total. The van der Waals surface area contributed by atoms with Gasteiger partial charge in [0.05, 0.1) is 13.3 Å². The Kier molecular flexibility index (Phi) is 7.49. The first-order chi connectivity index (χ1) is 28.1. The van der Waals surface area contributed by atoms with Crippen LogP contribution in [0, 0.1) is 0 Å². The Morgan fingerprint density at radius 2 is 0.719 bits per heavy atom. The highest BCUT2D eigenvalue weighted by molar-refractivity contribution is 5.86. The first-order valence-corrected chi connectivity index (χ1v) is 19.8. The minimum atomic E-state index is -0.524. The molecule has 0 saturated carbocycles. The van der Waals surface area contributed by atoms with Crippen LogP contribution in [0.2, 0.25) is 0 Å². The minimum Gasteiger partial charge on any atom is -0.362 e. The van der Waals surface area contributed by atoms with Crippen molar-refractivity contribution in [3.63, 3.8) is 0 Å². The molecule has 276 valence electrons. The number of rotatable bonds is 7. The Hall–Kier alpha value is -6.98. The average Bonchev–Trinajstić information content (AvgIpc) is 4.04. The van der Waals surface area contributed by atoms with E-state index in [-0.39, 0.29) is 0 Å². The molecule has 0 N–H and O–H groups in total. The van der Waals surface area contributed by atoms with Crippen LogP contribution in [0.1, 0.15) is 33.4 Å². The standard InChI is InChI=1S/C52H43N5/c1-53-30-32-55(36-53)51(47-26-10-6-22-43(47)44-23-7-11-27-48(44)51)38-16-14-20-41(34-38)57(40-18-4-3-5-19-40)42-21-15-17-39(35-42)52(56-33-31-54(2)37-56)49-28-12-8-24-45(49)46-25-9-13-29-50(46)52/h3-35H,36-37H2,1-2H3. The molecule has 7 aromatic carbocycles. The summed E-state index contributed by atoms with van der Waals surface area (Å²) in [6.45, 7) is 1.56. The molecule has 0 fully saturated rings. The van der Waals surface area contributed by atoms with Gasteiger partial charge < -0.3 is 24.5 Å². The van der Waals surface area contributed by atoms with E-state index in [2.05, 4.69) is 239 Å². The minimum absolute atomic E-state index is 0.524. The summed E-state index contributed by atoms with van der Waals surface area (Å²) in [4.78, 5) is 12.0. The summed E-state index contributed by atoms with van der Waals surface area (Å²) in [5, 5.41) is 0. The lowest BCUT2D eigenvalue weighted by atomic mass is 9.78. The lowest BCUT2D eigenvalue weighted by Crippen LogP contribution is -2.44. The first kappa shape index (κ1) is 33.4. The Morgan fingerprint density at radius 3 is 1.09 bits per heavy atom. The van der Waals surface area contributed by atoms with E-state index in [9.17, 15) is 0 Å². The normalized spacial score (nSPS) is 16.5. The highest BCUT2D eigenvalue weighted by atomic mass is 15.4. The molecule has 11 rings (SSSR count). The Bertz CT molecular complexity index is 2470. The van der Waals surface area contributed by atoms with Crippen LogP contribution in [-0.4, -0.2) is 47.0 Å². The number of anilines is 3. The average molecular weight is 738 g/mol. The van der Waals surface area contributed by atoms with Crippen molar-refractivity contribution in [1.82, 2.24) is 19.6 Å². The molecular formula is C52H43N5. The number of nitrogens with zero attached hydrogens (tertiary/aromatic N) is 5. The molecule has 0 aromatic heterocycles. The van der Waals surface area contributed by atoms with Crippen LogP contribution in [0.5, 0.6) is 0 Å². The van der Waals surface area contributed by atoms with Crippen molar-refractivity contribution in [2.75, 3.05) is 32.3 Å². The molecule has 0 amide bonds. The van der Waals surface area contributed by atoms with Gasteiger partial charge in [-0.25, -0.2) is 0 Å². The lowest BCUT2D eigenvalue weighted by Gasteiger charge is -2.43. The van der Waals surface area contributed by atoms with Gasteiger partial charge in [0.2, 0.25) is 0 Å². The van der Waals surface area contributed by atoms with Crippen LogP contribution in [0.25, 0.3) is 22.3 Å². The number of benzene rings is 7. The summed E-state index contributed by atoms with van der Waals surface area (Å²) in [6, 6.07) is 65.3. The second-order valence-corrected chi connectivity index (χ2v) is 15.7. The van der Waals surface area contributed by atoms with E-state index >= 15 is 0 Å². The van der Waals surface area contributed by atoms with Crippen molar-refractivity contribution in [3.05, 3.63) is 234 Å². The van der Waals surface area contributed by atoms with Gasteiger partial charge in [-0.05, 0) is 92.0 Å². The van der Waals surface area contributed by atoms with Gasteiger partial charge in [-0.1, -0.05) is 140 Å². The van der Waals surface area contributed by atoms with Gasteiger partial charge in [-0.2, -0.15) is 0 Å². The van der Waals surface area contributed by atoms with Gasteiger partial charge in [-0.3, -0.25) is 0 Å². The number of hydrogen-bond donors (Lipinski definition) is 0. The summed E-state index contributed by atoms with van der Waals surface area (Å²) in [6.07, 6.45) is 8.93. The van der Waals surface area contributed by atoms with Gasteiger partial charge in [0.15, 0.2) is 0 Å². The second kappa shape index (κ2) is 12.8. The molecule has 7 aromatic rings. The third kappa shape index (κ3) is 4.75. The van der Waals surface area contributed by atoms with Crippen LogP contribution in [-0.2, 0) is 11.1 Å². The highest BCUT2D eigenvalue weighted by Crippen LogP contribution is 2.57. The number of para-hydroxylation sites is 1. The monoisotopic (exact) mass is 737 g/mol. The zero-order valence-corrected chi connectivity index (χ0v) is 32.2. The van der Waals surface area contributed by atoms with Crippen LogP contribution in [0.3, 0.4) is 0 Å². The van der Waals surface area contributed by atoms with Crippen molar-refractivity contribution in [3.8, 4) is 22.3 Å². The molecule has 0 unspecified atom stereocenters. The lowest BCUT2D eigenvalue weighted by molar-refractivity contribution is 0.198. The van der Waals surface area contributed by atoms with E-state index < -0.39 is 11.1 Å². The van der Waals surface area contributed by atoms with E-state index in [1.54, 1.807) is 0 Å². The fraction of sp³-hybridized carbons (Fsp3) is 0.115. The fourth-order valence-corrected chi connectivity index (χ4v) is 10.3. The van der Waals surface area contributed by atoms with Crippen molar-refractivity contribution in [1.29, 1.82) is 0 Å². The second-order valence-electron chi connectivity index (χ2n) is 15.7.